The highest BCUT2D eigenvalue weighted by atomic mass is 32.2. The molecule has 1 aromatic carbocycles. The van der Waals surface area contributed by atoms with Gasteiger partial charge in [-0.25, -0.2) is 12.8 Å². The van der Waals surface area contributed by atoms with Crippen molar-refractivity contribution in [1.82, 2.24) is 0 Å². The lowest BCUT2D eigenvalue weighted by Crippen LogP contribution is -2.23. The van der Waals surface area contributed by atoms with Crippen LogP contribution in [0.4, 0.5) is 4.39 Å². The van der Waals surface area contributed by atoms with Crippen molar-refractivity contribution in [3.63, 3.8) is 0 Å². The number of hydrogen-bond donors (Lipinski definition) is 2. The summed E-state index contributed by atoms with van der Waals surface area (Å²) in [7, 11) is -3.42. The minimum absolute atomic E-state index is 0.229. The van der Waals surface area contributed by atoms with Crippen LogP contribution in [-0.4, -0.2) is 20.0 Å². The first-order valence-electron chi connectivity index (χ1n) is 4.17. The van der Waals surface area contributed by atoms with Gasteiger partial charge in [0.05, 0.1) is 5.75 Å². The Morgan fingerprint density at radius 2 is 1.87 bits per heavy atom. The maximum absolute atomic E-state index is 12.5. The maximum Gasteiger partial charge on any atom is 0.161 e. The Morgan fingerprint density at radius 3 is 2.33 bits per heavy atom. The highest BCUT2D eigenvalue weighted by molar-refractivity contribution is 7.91. The minimum Gasteiger partial charge on any atom is -0.387 e. The molecule has 0 unspecified atom stereocenters. The molecule has 82 valence electrons. The summed E-state index contributed by atoms with van der Waals surface area (Å²) in [4.78, 5) is 0. The number of nitrogens with two attached hydrogens (primary N) is 1. The molecule has 1 rings (SSSR count). The number of nitrogens with one attached hydrogen (secondary N) is 1. The third-order valence-electron chi connectivity index (χ3n) is 1.68. The quantitative estimate of drug-likeness (QED) is 0.589. The zero-order chi connectivity index (χ0) is 11.5. The SMILES string of the molecule is N=C(N)CS(=O)(=O)Cc1ccc(F)cc1. The molecular weight excluding hydrogens is 219 g/mol. The predicted octanol–water partition coefficient (Wildman–Crippen LogP) is 0.676. The molecule has 0 fully saturated rings. The first kappa shape index (κ1) is 11.6. The van der Waals surface area contributed by atoms with Crippen molar-refractivity contribution in [2.45, 2.75) is 5.75 Å². The van der Waals surface area contributed by atoms with E-state index in [1.807, 2.05) is 0 Å². The molecule has 0 amide bonds. The molecule has 6 heteroatoms. The van der Waals surface area contributed by atoms with E-state index >= 15 is 0 Å². The number of rotatable bonds is 4. The normalized spacial score (nSPS) is 11.3. The average molecular weight is 230 g/mol. The van der Waals surface area contributed by atoms with Gasteiger partial charge in [0, 0.05) is 0 Å². The van der Waals surface area contributed by atoms with Gasteiger partial charge in [0.25, 0.3) is 0 Å². The van der Waals surface area contributed by atoms with Gasteiger partial charge in [0.15, 0.2) is 9.84 Å². The highest BCUT2D eigenvalue weighted by Gasteiger charge is 2.13. The summed E-state index contributed by atoms with van der Waals surface area (Å²) in [5, 5.41) is 6.89. The van der Waals surface area contributed by atoms with Gasteiger partial charge in [-0.05, 0) is 17.7 Å². The largest absolute Gasteiger partial charge is 0.387 e. The third kappa shape index (κ3) is 4.07. The monoisotopic (exact) mass is 230 g/mol. The van der Waals surface area contributed by atoms with E-state index in [-0.39, 0.29) is 5.75 Å². The lowest BCUT2D eigenvalue weighted by molar-refractivity contribution is 0.598. The van der Waals surface area contributed by atoms with Gasteiger partial charge in [-0.15, -0.1) is 0 Å². The van der Waals surface area contributed by atoms with E-state index in [0.717, 1.165) is 0 Å². The molecule has 1 aromatic rings. The van der Waals surface area contributed by atoms with Crippen molar-refractivity contribution in [1.29, 1.82) is 5.41 Å². The van der Waals surface area contributed by atoms with E-state index in [9.17, 15) is 12.8 Å². The second-order valence-electron chi connectivity index (χ2n) is 3.18. The van der Waals surface area contributed by atoms with Gasteiger partial charge in [-0.2, -0.15) is 0 Å². The van der Waals surface area contributed by atoms with Crippen LogP contribution in [0.5, 0.6) is 0 Å². The van der Waals surface area contributed by atoms with E-state index in [2.05, 4.69) is 0 Å². The first-order valence-corrected chi connectivity index (χ1v) is 5.99. The number of halogens is 1. The topological polar surface area (TPSA) is 84.0 Å². The second kappa shape index (κ2) is 4.39. The molecule has 0 saturated carbocycles. The average Bonchev–Trinajstić information content (AvgIpc) is 2.06. The fourth-order valence-corrected chi connectivity index (χ4v) is 2.40. The number of sulfone groups is 1. The van der Waals surface area contributed by atoms with Crippen LogP contribution in [0.1, 0.15) is 5.56 Å². The molecule has 0 aromatic heterocycles. The smallest absolute Gasteiger partial charge is 0.161 e. The van der Waals surface area contributed by atoms with Crippen LogP contribution in [0.2, 0.25) is 0 Å². The highest BCUT2D eigenvalue weighted by Crippen LogP contribution is 2.07. The molecule has 4 nitrogen and oxygen atoms in total. The Morgan fingerprint density at radius 1 is 1.33 bits per heavy atom. The van der Waals surface area contributed by atoms with Crippen molar-refractivity contribution in [2.75, 3.05) is 5.75 Å². The molecule has 0 spiro atoms. The summed E-state index contributed by atoms with van der Waals surface area (Å²) in [6, 6.07) is 5.18. The molecule has 0 radical (unpaired) electrons. The van der Waals surface area contributed by atoms with Gasteiger partial charge in [-0.3, -0.25) is 5.41 Å². The maximum atomic E-state index is 12.5. The predicted molar refractivity (Wildman–Crippen MR) is 55.8 cm³/mol. The van der Waals surface area contributed by atoms with E-state index in [4.69, 9.17) is 11.1 Å². The number of amidine groups is 1. The fraction of sp³-hybridized carbons (Fsp3) is 0.222. The summed E-state index contributed by atoms with van der Waals surface area (Å²) < 4.78 is 35.3. The van der Waals surface area contributed by atoms with Gasteiger partial charge in [0.2, 0.25) is 0 Å². The van der Waals surface area contributed by atoms with Crippen LogP contribution in [0.15, 0.2) is 24.3 Å². The molecule has 0 aliphatic heterocycles. The summed E-state index contributed by atoms with van der Waals surface area (Å²) in [6.07, 6.45) is 0. The van der Waals surface area contributed by atoms with Crippen molar-refractivity contribution in [2.24, 2.45) is 5.73 Å². The van der Waals surface area contributed by atoms with Gasteiger partial charge >= 0.3 is 0 Å². The fourth-order valence-electron chi connectivity index (χ4n) is 1.12. The van der Waals surface area contributed by atoms with Crippen molar-refractivity contribution in [3.8, 4) is 0 Å². The second-order valence-corrected chi connectivity index (χ2v) is 5.25. The molecule has 0 aliphatic carbocycles. The van der Waals surface area contributed by atoms with Crippen LogP contribution < -0.4 is 5.73 Å². The van der Waals surface area contributed by atoms with Crippen molar-refractivity contribution in [3.05, 3.63) is 35.6 Å². The molecule has 15 heavy (non-hydrogen) atoms. The van der Waals surface area contributed by atoms with Crippen LogP contribution in [-0.2, 0) is 15.6 Å². The van der Waals surface area contributed by atoms with E-state index in [1.165, 1.54) is 24.3 Å². The van der Waals surface area contributed by atoms with Crippen LogP contribution in [0.25, 0.3) is 0 Å². The molecule has 0 atom stereocenters. The van der Waals surface area contributed by atoms with Crippen LogP contribution in [0.3, 0.4) is 0 Å². The molecule has 0 aliphatic rings. The van der Waals surface area contributed by atoms with Crippen LogP contribution in [0, 0.1) is 11.2 Å². The van der Waals surface area contributed by atoms with Crippen molar-refractivity contribution < 1.29 is 12.8 Å². The number of hydrogen-bond acceptors (Lipinski definition) is 3. The molecule has 0 heterocycles. The summed E-state index contributed by atoms with van der Waals surface area (Å²) in [5.41, 5.74) is 5.48. The van der Waals surface area contributed by atoms with E-state index in [0.29, 0.717) is 5.56 Å². The Kier molecular flexibility index (Phi) is 3.41. The minimum atomic E-state index is -3.42. The lowest BCUT2D eigenvalue weighted by atomic mass is 10.2. The Hall–Kier alpha value is -1.43. The third-order valence-corrected chi connectivity index (χ3v) is 3.20. The number of benzene rings is 1. The van der Waals surface area contributed by atoms with Crippen molar-refractivity contribution >= 4 is 15.7 Å². The molecule has 0 bridgehead atoms. The zero-order valence-corrected chi connectivity index (χ0v) is 8.72. The van der Waals surface area contributed by atoms with Gasteiger partial charge < -0.3 is 5.73 Å². The Balaban J connectivity index is 2.78. The molecule has 0 saturated heterocycles. The van der Waals surface area contributed by atoms with Gasteiger partial charge in [0.1, 0.15) is 17.4 Å². The standard InChI is InChI=1S/C9H11FN2O2S/c10-8-3-1-7(2-4-8)5-15(13,14)6-9(11)12/h1-4H,5-6H2,(H3,11,12). The molecular formula is C9H11FN2O2S. The van der Waals surface area contributed by atoms with E-state index in [1.54, 1.807) is 0 Å². The van der Waals surface area contributed by atoms with Gasteiger partial charge in [-0.1, -0.05) is 12.1 Å². The summed E-state index contributed by atoms with van der Waals surface area (Å²) in [6.45, 7) is 0. The first-order chi connectivity index (χ1) is 6.89. The lowest BCUT2D eigenvalue weighted by Gasteiger charge is -2.02. The summed E-state index contributed by atoms with van der Waals surface area (Å²) >= 11 is 0. The molecule has 3 N–H and O–H groups in total. The van der Waals surface area contributed by atoms with E-state index < -0.39 is 27.2 Å². The zero-order valence-electron chi connectivity index (χ0n) is 7.90. The van der Waals surface area contributed by atoms with Crippen LogP contribution >= 0.6 is 0 Å². The summed E-state index contributed by atoms with van der Waals surface area (Å²) in [5.74, 6) is -1.50. The Labute approximate surface area is 87.3 Å². The Bertz CT molecular complexity index is 454.